The molecule has 1 saturated heterocycles. The Kier molecular flexibility index (Phi) is 4.97. The molecule has 1 aliphatic heterocycles. The number of hydrogen-bond acceptors (Lipinski definition) is 6. The Bertz CT molecular complexity index is 939. The molecule has 0 aromatic carbocycles. The Balaban J connectivity index is 1.51. The quantitative estimate of drug-likeness (QED) is 0.726. The maximum Gasteiger partial charge on any atom is 0.271 e. The van der Waals surface area contributed by atoms with Crippen molar-refractivity contribution >= 4 is 23.5 Å². The third-order valence-corrected chi connectivity index (χ3v) is 4.64. The number of amides is 1. The average molecular weight is 384 g/mol. The molecule has 8 nitrogen and oxygen atoms in total. The minimum atomic E-state index is -0.349. The van der Waals surface area contributed by atoms with E-state index < -0.39 is 0 Å². The van der Waals surface area contributed by atoms with Gasteiger partial charge in [-0.15, -0.1) is 0 Å². The van der Waals surface area contributed by atoms with Crippen molar-refractivity contribution in [2.45, 2.75) is 19.4 Å². The van der Waals surface area contributed by atoms with Gasteiger partial charge in [0.25, 0.3) is 5.91 Å². The van der Waals surface area contributed by atoms with Crippen molar-refractivity contribution < 1.29 is 4.79 Å². The number of carbonyl (C=O) groups excluding carboxylic acids is 1. The lowest BCUT2D eigenvalue weighted by molar-refractivity contribution is 0.0946. The molecule has 3 aromatic heterocycles. The van der Waals surface area contributed by atoms with Crippen molar-refractivity contribution in [1.82, 2.24) is 30.0 Å². The second kappa shape index (κ2) is 7.71. The summed E-state index contributed by atoms with van der Waals surface area (Å²) in [5.41, 5.74) is 1.01. The Morgan fingerprint density at radius 1 is 1.19 bits per heavy atom. The second-order valence-corrected chi connectivity index (χ2v) is 6.59. The fraction of sp³-hybridized carbons (Fsp3) is 0.278. The van der Waals surface area contributed by atoms with E-state index in [9.17, 15) is 4.79 Å². The second-order valence-electron chi connectivity index (χ2n) is 6.18. The van der Waals surface area contributed by atoms with Crippen LogP contribution in [-0.4, -0.2) is 43.7 Å². The SMILES string of the molecule is O=C(NCc1cccnc1-n1cccn1)c1nc(N2CCCC2)ncc1Cl. The third kappa shape index (κ3) is 3.75. The van der Waals surface area contributed by atoms with Crippen LogP contribution in [0, 0.1) is 0 Å². The summed E-state index contributed by atoms with van der Waals surface area (Å²) in [4.78, 5) is 27.7. The van der Waals surface area contributed by atoms with Gasteiger partial charge in [0.15, 0.2) is 11.5 Å². The predicted molar refractivity (Wildman–Crippen MR) is 101 cm³/mol. The first-order valence-corrected chi connectivity index (χ1v) is 9.10. The van der Waals surface area contributed by atoms with E-state index in [4.69, 9.17) is 11.6 Å². The molecule has 0 bridgehead atoms. The summed E-state index contributed by atoms with van der Waals surface area (Å²) in [6.45, 7) is 2.07. The molecule has 0 spiro atoms. The molecule has 4 heterocycles. The van der Waals surface area contributed by atoms with Crippen molar-refractivity contribution in [3.63, 3.8) is 0 Å². The highest BCUT2D eigenvalue weighted by molar-refractivity contribution is 6.33. The fourth-order valence-electron chi connectivity index (χ4n) is 3.01. The minimum Gasteiger partial charge on any atom is -0.346 e. The Morgan fingerprint density at radius 3 is 2.81 bits per heavy atom. The number of rotatable bonds is 5. The summed E-state index contributed by atoms with van der Waals surface area (Å²) in [7, 11) is 0. The van der Waals surface area contributed by atoms with Gasteiger partial charge in [-0.05, 0) is 25.0 Å². The number of carbonyl (C=O) groups is 1. The highest BCUT2D eigenvalue weighted by Crippen LogP contribution is 2.20. The molecule has 3 aromatic rings. The molecule has 27 heavy (non-hydrogen) atoms. The van der Waals surface area contributed by atoms with Crippen LogP contribution in [0.1, 0.15) is 28.9 Å². The summed E-state index contributed by atoms with van der Waals surface area (Å²) < 4.78 is 1.66. The van der Waals surface area contributed by atoms with Crippen LogP contribution >= 0.6 is 11.6 Å². The number of nitrogens with zero attached hydrogens (tertiary/aromatic N) is 6. The number of anilines is 1. The Hall–Kier alpha value is -3.00. The van der Waals surface area contributed by atoms with Gasteiger partial charge in [0.05, 0.1) is 11.2 Å². The summed E-state index contributed by atoms with van der Waals surface area (Å²) in [6.07, 6.45) is 8.85. The van der Waals surface area contributed by atoms with Gasteiger partial charge in [-0.2, -0.15) is 5.10 Å². The lowest BCUT2D eigenvalue weighted by Gasteiger charge is -2.16. The third-order valence-electron chi connectivity index (χ3n) is 4.36. The summed E-state index contributed by atoms with van der Waals surface area (Å²) >= 11 is 6.16. The maximum absolute atomic E-state index is 12.7. The van der Waals surface area contributed by atoms with E-state index in [-0.39, 0.29) is 23.2 Å². The standard InChI is InChI=1S/C18H18ClN7O/c19-14-12-22-18(25-8-1-2-9-25)24-15(14)17(27)21-11-13-5-3-6-20-16(13)26-10-4-7-23-26/h3-7,10,12H,1-2,8-9,11H2,(H,21,27). The van der Waals surface area contributed by atoms with Gasteiger partial charge in [0.1, 0.15) is 0 Å². The fourth-order valence-corrected chi connectivity index (χ4v) is 3.19. The molecular weight excluding hydrogens is 366 g/mol. The van der Waals surface area contributed by atoms with Gasteiger partial charge in [0, 0.05) is 43.8 Å². The zero-order valence-electron chi connectivity index (χ0n) is 14.5. The molecule has 0 unspecified atom stereocenters. The van der Waals surface area contributed by atoms with E-state index in [2.05, 4.69) is 30.3 Å². The van der Waals surface area contributed by atoms with Gasteiger partial charge in [0.2, 0.25) is 5.95 Å². The normalized spacial score (nSPS) is 13.7. The van der Waals surface area contributed by atoms with E-state index in [1.54, 1.807) is 23.3 Å². The summed E-state index contributed by atoms with van der Waals surface area (Å²) in [5.74, 6) is 0.855. The van der Waals surface area contributed by atoms with Crippen LogP contribution in [0.5, 0.6) is 0 Å². The highest BCUT2D eigenvalue weighted by Gasteiger charge is 2.20. The topological polar surface area (TPSA) is 88.8 Å². The Labute approximate surface area is 161 Å². The van der Waals surface area contributed by atoms with Gasteiger partial charge in [-0.1, -0.05) is 17.7 Å². The first-order valence-electron chi connectivity index (χ1n) is 8.72. The van der Waals surface area contributed by atoms with Crippen LogP contribution in [-0.2, 0) is 6.54 Å². The molecule has 1 N–H and O–H groups in total. The van der Waals surface area contributed by atoms with Gasteiger partial charge in [-0.25, -0.2) is 19.6 Å². The molecule has 1 aliphatic rings. The van der Waals surface area contributed by atoms with Crippen LogP contribution in [0.4, 0.5) is 5.95 Å². The molecule has 0 aliphatic carbocycles. The van der Waals surface area contributed by atoms with E-state index in [1.807, 2.05) is 18.2 Å². The van der Waals surface area contributed by atoms with E-state index in [1.165, 1.54) is 6.20 Å². The van der Waals surface area contributed by atoms with E-state index in [0.29, 0.717) is 11.8 Å². The number of halogens is 1. The molecule has 0 radical (unpaired) electrons. The van der Waals surface area contributed by atoms with Gasteiger partial charge >= 0.3 is 0 Å². The van der Waals surface area contributed by atoms with Gasteiger partial charge in [-0.3, -0.25) is 4.79 Å². The smallest absolute Gasteiger partial charge is 0.271 e. The Morgan fingerprint density at radius 2 is 2.04 bits per heavy atom. The lowest BCUT2D eigenvalue weighted by Crippen LogP contribution is -2.27. The maximum atomic E-state index is 12.7. The first kappa shape index (κ1) is 17.4. The predicted octanol–water partition coefficient (Wildman–Crippen LogP) is 2.24. The van der Waals surface area contributed by atoms with Crippen molar-refractivity contribution in [2.24, 2.45) is 0 Å². The average Bonchev–Trinajstić information content (AvgIpc) is 3.40. The number of hydrogen-bond donors (Lipinski definition) is 1. The van der Waals surface area contributed by atoms with Gasteiger partial charge < -0.3 is 10.2 Å². The van der Waals surface area contributed by atoms with E-state index >= 15 is 0 Å². The van der Waals surface area contributed by atoms with Crippen molar-refractivity contribution in [3.05, 3.63) is 59.3 Å². The zero-order valence-corrected chi connectivity index (χ0v) is 15.3. The largest absolute Gasteiger partial charge is 0.346 e. The molecule has 1 fully saturated rings. The van der Waals surface area contributed by atoms with Crippen LogP contribution < -0.4 is 10.2 Å². The van der Waals surface area contributed by atoms with Crippen LogP contribution in [0.25, 0.3) is 5.82 Å². The van der Waals surface area contributed by atoms with Crippen molar-refractivity contribution in [1.29, 1.82) is 0 Å². The van der Waals surface area contributed by atoms with Crippen LogP contribution in [0.2, 0.25) is 5.02 Å². The van der Waals surface area contributed by atoms with E-state index in [0.717, 1.165) is 31.5 Å². The highest BCUT2D eigenvalue weighted by atomic mass is 35.5. The van der Waals surface area contributed by atoms with Crippen molar-refractivity contribution in [3.8, 4) is 5.82 Å². The molecule has 1 amide bonds. The number of aromatic nitrogens is 5. The lowest BCUT2D eigenvalue weighted by atomic mass is 10.2. The molecule has 0 saturated carbocycles. The zero-order chi connectivity index (χ0) is 18.6. The number of pyridine rings is 1. The number of nitrogens with one attached hydrogen (secondary N) is 1. The van der Waals surface area contributed by atoms with Crippen LogP contribution in [0.15, 0.2) is 43.0 Å². The summed E-state index contributed by atoms with van der Waals surface area (Å²) in [5, 5.41) is 7.29. The molecular formula is C18H18ClN7O. The molecule has 0 atom stereocenters. The molecule has 4 rings (SSSR count). The minimum absolute atomic E-state index is 0.179. The van der Waals surface area contributed by atoms with Crippen LogP contribution in [0.3, 0.4) is 0 Å². The first-order chi connectivity index (χ1) is 13.2. The summed E-state index contributed by atoms with van der Waals surface area (Å²) in [6, 6.07) is 5.52. The molecule has 138 valence electrons. The molecule has 9 heteroatoms. The van der Waals surface area contributed by atoms with Crippen molar-refractivity contribution in [2.75, 3.05) is 18.0 Å². The monoisotopic (exact) mass is 383 g/mol.